The molecule has 1 N–H and O–H groups in total. The Labute approximate surface area is 187 Å². The fourth-order valence-electron chi connectivity index (χ4n) is 3.50. The molecule has 0 spiro atoms. The van der Waals surface area contributed by atoms with E-state index >= 15 is 0 Å². The molecule has 1 aliphatic rings. The highest BCUT2D eigenvalue weighted by molar-refractivity contribution is 7.89. The van der Waals surface area contributed by atoms with Crippen molar-refractivity contribution in [3.8, 4) is 11.5 Å². The average molecular weight is 468 g/mol. The summed E-state index contributed by atoms with van der Waals surface area (Å²) in [6.07, 6.45) is 0. The third kappa shape index (κ3) is 5.23. The van der Waals surface area contributed by atoms with Gasteiger partial charge in [0.25, 0.3) is 0 Å². The second-order valence-electron chi connectivity index (χ2n) is 7.12. The minimum Gasteiger partial charge on any atom is -0.495 e. The van der Waals surface area contributed by atoms with Gasteiger partial charge in [0.15, 0.2) is 0 Å². The number of methoxy groups -OCH3 is 2. The predicted octanol–water partition coefficient (Wildman–Crippen LogP) is 2.37. The summed E-state index contributed by atoms with van der Waals surface area (Å²) in [6.45, 7) is 3.76. The molecular weight excluding hydrogens is 442 g/mol. The van der Waals surface area contributed by atoms with E-state index in [9.17, 15) is 13.2 Å². The van der Waals surface area contributed by atoms with Crippen molar-refractivity contribution >= 4 is 33.2 Å². The number of halogens is 1. The Morgan fingerprint density at radius 3 is 2.29 bits per heavy atom. The second-order valence-corrected chi connectivity index (χ2v) is 9.24. The first-order chi connectivity index (χ1) is 14.8. The normalized spacial score (nSPS) is 15.5. The van der Waals surface area contributed by atoms with Crippen LogP contribution in [0, 0.1) is 0 Å². The summed E-state index contributed by atoms with van der Waals surface area (Å²) >= 11 is 6.04. The van der Waals surface area contributed by atoms with Crippen molar-refractivity contribution in [3.63, 3.8) is 0 Å². The number of amides is 1. The molecule has 3 rings (SSSR count). The van der Waals surface area contributed by atoms with Crippen LogP contribution in [0.1, 0.15) is 6.92 Å². The van der Waals surface area contributed by atoms with Crippen LogP contribution in [0.4, 0.5) is 5.69 Å². The summed E-state index contributed by atoms with van der Waals surface area (Å²) in [5.41, 5.74) is 0.974. The van der Waals surface area contributed by atoms with Crippen LogP contribution in [0.2, 0.25) is 5.02 Å². The first kappa shape index (κ1) is 23.2. The van der Waals surface area contributed by atoms with Crippen molar-refractivity contribution in [2.24, 2.45) is 0 Å². The Kier molecular flexibility index (Phi) is 7.30. The maximum absolute atomic E-state index is 12.9. The van der Waals surface area contributed by atoms with E-state index in [-0.39, 0.29) is 15.8 Å². The number of carbonyl (C=O) groups is 1. The van der Waals surface area contributed by atoms with Crippen LogP contribution in [0.5, 0.6) is 11.5 Å². The number of anilines is 1. The lowest BCUT2D eigenvalue weighted by Gasteiger charge is -2.37. The van der Waals surface area contributed by atoms with Crippen molar-refractivity contribution in [1.82, 2.24) is 9.62 Å². The van der Waals surface area contributed by atoms with Crippen LogP contribution in [-0.4, -0.2) is 65.7 Å². The van der Waals surface area contributed by atoms with Gasteiger partial charge in [-0.25, -0.2) is 8.42 Å². The van der Waals surface area contributed by atoms with E-state index in [2.05, 4.69) is 9.62 Å². The topological polar surface area (TPSA) is 88.2 Å². The third-order valence-corrected chi connectivity index (χ3v) is 6.99. The van der Waals surface area contributed by atoms with E-state index in [0.29, 0.717) is 31.9 Å². The Morgan fingerprint density at radius 1 is 1.03 bits per heavy atom. The smallest absolute Gasteiger partial charge is 0.241 e. The zero-order valence-corrected chi connectivity index (χ0v) is 19.2. The zero-order chi connectivity index (χ0) is 22.6. The lowest BCUT2D eigenvalue weighted by molar-refractivity contribution is -0.132. The van der Waals surface area contributed by atoms with E-state index in [4.69, 9.17) is 21.1 Å². The van der Waals surface area contributed by atoms with E-state index < -0.39 is 16.1 Å². The lowest BCUT2D eigenvalue weighted by Crippen LogP contribution is -2.54. The maximum Gasteiger partial charge on any atom is 0.241 e. The van der Waals surface area contributed by atoms with Crippen molar-refractivity contribution in [2.75, 3.05) is 45.3 Å². The Bertz CT molecular complexity index is 1040. The largest absolute Gasteiger partial charge is 0.495 e. The van der Waals surface area contributed by atoms with Crippen LogP contribution < -0.4 is 19.1 Å². The Morgan fingerprint density at radius 2 is 1.68 bits per heavy atom. The molecule has 10 heteroatoms. The molecule has 0 unspecified atom stereocenters. The van der Waals surface area contributed by atoms with Crippen LogP contribution in [0.3, 0.4) is 0 Å². The number of nitrogens with one attached hydrogen (secondary N) is 1. The summed E-state index contributed by atoms with van der Waals surface area (Å²) in [5, 5.41) is 0.178. The predicted molar refractivity (Wildman–Crippen MR) is 120 cm³/mol. The molecule has 8 nitrogen and oxygen atoms in total. The number of carbonyl (C=O) groups excluding carboxylic acids is 1. The van der Waals surface area contributed by atoms with Gasteiger partial charge >= 0.3 is 0 Å². The number of hydrogen-bond donors (Lipinski definition) is 1. The van der Waals surface area contributed by atoms with Crippen LogP contribution >= 0.6 is 11.6 Å². The van der Waals surface area contributed by atoms with E-state index in [0.717, 1.165) is 11.4 Å². The monoisotopic (exact) mass is 467 g/mol. The summed E-state index contributed by atoms with van der Waals surface area (Å²) in [7, 11) is -0.844. The van der Waals surface area contributed by atoms with Gasteiger partial charge < -0.3 is 19.3 Å². The molecule has 2 aromatic rings. The number of ether oxygens (including phenoxy) is 2. The molecule has 1 heterocycles. The van der Waals surface area contributed by atoms with Gasteiger partial charge in [-0.2, -0.15) is 4.72 Å². The molecule has 2 aromatic carbocycles. The van der Waals surface area contributed by atoms with Gasteiger partial charge in [-0.1, -0.05) is 23.7 Å². The molecule has 0 saturated carbocycles. The first-order valence-corrected chi connectivity index (χ1v) is 11.7. The highest BCUT2D eigenvalue weighted by Crippen LogP contribution is 2.29. The first-order valence-electron chi connectivity index (χ1n) is 9.79. The summed E-state index contributed by atoms with van der Waals surface area (Å²) in [6, 6.07) is 11.0. The minimum absolute atomic E-state index is 0.0288. The van der Waals surface area contributed by atoms with Gasteiger partial charge in [0.1, 0.15) is 11.5 Å². The molecule has 0 aliphatic carbocycles. The van der Waals surface area contributed by atoms with E-state index in [1.54, 1.807) is 12.0 Å². The quantitative estimate of drug-likeness (QED) is 0.672. The number of rotatable bonds is 7. The molecule has 1 aliphatic heterocycles. The van der Waals surface area contributed by atoms with Gasteiger partial charge in [0.2, 0.25) is 15.9 Å². The number of piperazine rings is 1. The van der Waals surface area contributed by atoms with Crippen molar-refractivity contribution in [2.45, 2.75) is 17.9 Å². The van der Waals surface area contributed by atoms with Crippen LogP contribution in [0.15, 0.2) is 47.4 Å². The number of sulfonamides is 1. The van der Waals surface area contributed by atoms with Gasteiger partial charge in [0, 0.05) is 26.2 Å². The van der Waals surface area contributed by atoms with Gasteiger partial charge in [-0.3, -0.25) is 4.79 Å². The Balaban J connectivity index is 1.62. The van der Waals surface area contributed by atoms with Crippen molar-refractivity contribution in [1.29, 1.82) is 0 Å². The molecule has 0 bridgehead atoms. The number of para-hydroxylation sites is 2. The highest BCUT2D eigenvalue weighted by atomic mass is 35.5. The molecular formula is C21H26ClN3O5S. The van der Waals surface area contributed by atoms with E-state index in [1.165, 1.54) is 32.2 Å². The molecule has 1 saturated heterocycles. The summed E-state index contributed by atoms with van der Waals surface area (Å²) < 4.78 is 38.3. The molecule has 1 atom stereocenters. The molecule has 1 fully saturated rings. The van der Waals surface area contributed by atoms with Gasteiger partial charge in [-0.15, -0.1) is 0 Å². The number of nitrogens with zero attached hydrogens (tertiary/aromatic N) is 2. The molecule has 0 radical (unpaired) electrons. The summed E-state index contributed by atoms with van der Waals surface area (Å²) in [4.78, 5) is 16.6. The number of hydrogen-bond acceptors (Lipinski definition) is 6. The standard InChI is InChI=1S/C21H26ClN3O5S/c1-15(23-31(27,28)16-8-9-19(29-2)17(22)14-16)21(26)25-12-10-24(11-13-25)18-6-4-5-7-20(18)30-3/h4-9,14-15,23H,10-13H2,1-3H3/t15-/m0/s1. The fraction of sp³-hybridized carbons (Fsp3) is 0.381. The SMILES string of the molecule is COc1ccc(S(=O)(=O)N[C@@H](C)C(=O)N2CCN(c3ccccc3OC)CC2)cc1Cl. The minimum atomic E-state index is -3.92. The zero-order valence-electron chi connectivity index (χ0n) is 17.7. The van der Waals surface area contributed by atoms with E-state index in [1.807, 2.05) is 24.3 Å². The molecule has 168 valence electrons. The molecule has 31 heavy (non-hydrogen) atoms. The molecule has 1 amide bonds. The highest BCUT2D eigenvalue weighted by Gasteiger charge is 2.29. The molecule has 0 aromatic heterocycles. The Hall–Kier alpha value is -2.49. The van der Waals surface area contributed by atoms with Crippen molar-refractivity contribution < 1.29 is 22.7 Å². The maximum atomic E-state index is 12.9. The fourth-order valence-corrected chi connectivity index (χ4v) is 5.04. The number of benzene rings is 2. The van der Waals surface area contributed by atoms with Gasteiger partial charge in [0.05, 0.1) is 35.9 Å². The van der Waals surface area contributed by atoms with Crippen LogP contribution in [0.25, 0.3) is 0 Å². The van der Waals surface area contributed by atoms with Gasteiger partial charge in [-0.05, 0) is 37.3 Å². The summed E-state index contributed by atoms with van der Waals surface area (Å²) in [5.74, 6) is 0.877. The van der Waals surface area contributed by atoms with Crippen LogP contribution in [-0.2, 0) is 14.8 Å². The lowest BCUT2D eigenvalue weighted by atomic mass is 10.2. The second kappa shape index (κ2) is 9.76. The van der Waals surface area contributed by atoms with Crippen molar-refractivity contribution in [3.05, 3.63) is 47.5 Å². The average Bonchev–Trinajstić information content (AvgIpc) is 2.78. The third-order valence-electron chi connectivity index (χ3n) is 5.15.